The first-order valence-electron chi connectivity index (χ1n) is 10.5. The molecule has 0 fully saturated rings. The molecule has 0 atom stereocenters. The number of amides is 2. The Bertz CT molecular complexity index is 1310. The molecule has 3 aromatic carbocycles. The van der Waals surface area contributed by atoms with Gasteiger partial charge in [-0.1, -0.05) is 45.8 Å². The molecule has 2 N–H and O–H groups in total. The van der Waals surface area contributed by atoms with E-state index in [0.29, 0.717) is 17.0 Å². The van der Waals surface area contributed by atoms with Crippen LogP contribution < -0.4 is 15.4 Å². The molecule has 0 saturated heterocycles. The van der Waals surface area contributed by atoms with E-state index >= 15 is 0 Å². The summed E-state index contributed by atoms with van der Waals surface area (Å²) in [6, 6.07) is 20.2. The molecule has 0 saturated carbocycles. The smallest absolute Gasteiger partial charge is 0.266 e. The van der Waals surface area contributed by atoms with Crippen molar-refractivity contribution in [3.8, 4) is 11.8 Å². The van der Waals surface area contributed by atoms with Gasteiger partial charge in [-0.05, 0) is 74.4 Å². The van der Waals surface area contributed by atoms with Crippen LogP contribution in [0.3, 0.4) is 0 Å². The van der Waals surface area contributed by atoms with Crippen molar-refractivity contribution in [3.05, 3.63) is 93.0 Å². The number of nitrogens with zero attached hydrogens (tertiary/aromatic N) is 1. The summed E-state index contributed by atoms with van der Waals surface area (Å²) in [6.07, 6.45) is 1.44. The maximum atomic E-state index is 12.7. The number of halogens is 1. The SMILES string of the molecule is Cc1cccc(NC(=O)/C(C#N)=C/c2cc(Br)ccc2OCC(=O)Nc2ccc(C)cc2C)c1. The largest absolute Gasteiger partial charge is 0.483 e. The minimum atomic E-state index is -0.536. The van der Waals surface area contributed by atoms with Crippen LogP contribution in [-0.4, -0.2) is 18.4 Å². The van der Waals surface area contributed by atoms with Gasteiger partial charge in [0.25, 0.3) is 11.8 Å². The Morgan fingerprint density at radius 3 is 2.47 bits per heavy atom. The van der Waals surface area contributed by atoms with Crippen LogP contribution in [-0.2, 0) is 9.59 Å². The maximum absolute atomic E-state index is 12.7. The summed E-state index contributed by atoms with van der Waals surface area (Å²) in [7, 11) is 0. The van der Waals surface area contributed by atoms with Crippen molar-refractivity contribution in [2.24, 2.45) is 0 Å². The number of nitrogens with one attached hydrogen (secondary N) is 2. The average Bonchev–Trinajstić information content (AvgIpc) is 2.78. The fourth-order valence-electron chi connectivity index (χ4n) is 3.27. The van der Waals surface area contributed by atoms with E-state index in [9.17, 15) is 14.9 Å². The quantitative estimate of drug-likeness (QED) is 0.299. The van der Waals surface area contributed by atoms with Crippen molar-refractivity contribution >= 4 is 45.2 Å². The van der Waals surface area contributed by atoms with E-state index in [1.54, 1.807) is 24.3 Å². The Kier molecular flexibility index (Phi) is 8.23. The highest BCUT2D eigenvalue weighted by molar-refractivity contribution is 9.10. The lowest BCUT2D eigenvalue weighted by Crippen LogP contribution is -2.21. The van der Waals surface area contributed by atoms with E-state index in [2.05, 4.69) is 26.6 Å². The lowest BCUT2D eigenvalue weighted by atomic mass is 10.1. The number of aryl methyl sites for hydroxylation is 3. The van der Waals surface area contributed by atoms with Crippen molar-refractivity contribution in [3.63, 3.8) is 0 Å². The first-order chi connectivity index (χ1) is 16.2. The molecule has 0 aromatic heterocycles. The second-order valence-electron chi connectivity index (χ2n) is 7.83. The van der Waals surface area contributed by atoms with Gasteiger partial charge in [0, 0.05) is 21.4 Å². The number of anilines is 2. The molecule has 0 unspecified atom stereocenters. The van der Waals surface area contributed by atoms with Gasteiger partial charge < -0.3 is 15.4 Å². The zero-order valence-electron chi connectivity index (χ0n) is 19.1. The third kappa shape index (κ3) is 6.80. The standard InChI is InChI=1S/C27H24BrN3O3/c1-17-5-4-6-23(12-17)30-27(33)21(15-29)13-20-14-22(28)8-10-25(20)34-16-26(32)31-24-9-7-18(2)11-19(24)3/h4-14H,16H2,1-3H3,(H,30,33)(H,31,32)/b21-13+. The van der Waals surface area contributed by atoms with Gasteiger partial charge in [-0.3, -0.25) is 9.59 Å². The van der Waals surface area contributed by atoms with Crippen LogP contribution in [0.5, 0.6) is 5.75 Å². The second-order valence-corrected chi connectivity index (χ2v) is 8.75. The third-order valence-electron chi connectivity index (χ3n) is 4.93. The number of nitriles is 1. The predicted molar refractivity (Wildman–Crippen MR) is 138 cm³/mol. The number of hydrogen-bond acceptors (Lipinski definition) is 4. The number of ether oxygens (including phenoxy) is 1. The Morgan fingerprint density at radius 2 is 1.76 bits per heavy atom. The van der Waals surface area contributed by atoms with E-state index in [0.717, 1.165) is 26.9 Å². The zero-order chi connectivity index (χ0) is 24.7. The van der Waals surface area contributed by atoms with Crippen LogP contribution >= 0.6 is 15.9 Å². The summed E-state index contributed by atoms with van der Waals surface area (Å²) < 4.78 is 6.47. The molecule has 0 aliphatic rings. The molecule has 0 spiro atoms. The Morgan fingerprint density at radius 1 is 1.00 bits per heavy atom. The number of carbonyl (C=O) groups excluding carboxylic acids is 2. The van der Waals surface area contributed by atoms with E-state index in [1.165, 1.54) is 6.08 Å². The molecule has 6 nitrogen and oxygen atoms in total. The van der Waals surface area contributed by atoms with Crippen molar-refractivity contribution in [2.75, 3.05) is 17.2 Å². The molecule has 0 radical (unpaired) electrons. The zero-order valence-corrected chi connectivity index (χ0v) is 20.7. The van der Waals surface area contributed by atoms with Gasteiger partial charge >= 0.3 is 0 Å². The molecular formula is C27H24BrN3O3. The van der Waals surface area contributed by atoms with Gasteiger partial charge in [0.05, 0.1) is 0 Å². The molecule has 3 rings (SSSR count). The average molecular weight is 518 g/mol. The topological polar surface area (TPSA) is 91.2 Å². The van der Waals surface area contributed by atoms with Crippen LogP contribution in [0.2, 0.25) is 0 Å². The monoisotopic (exact) mass is 517 g/mol. The normalized spacial score (nSPS) is 10.9. The Balaban J connectivity index is 1.75. The summed E-state index contributed by atoms with van der Waals surface area (Å²) >= 11 is 3.40. The Labute approximate surface area is 207 Å². The first-order valence-corrected chi connectivity index (χ1v) is 11.3. The van der Waals surface area contributed by atoms with Gasteiger partial charge in [-0.25, -0.2) is 0 Å². The maximum Gasteiger partial charge on any atom is 0.266 e. The van der Waals surface area contributed by atoms with Crippen molar-refractivity contribution in [1.29, 1.82) is 5.26 Å². The number of hydrogen-bond donors (Lipinski definition) is 2. The lowest BCUT2D eigenvalue weighted by Gasteiger charge is -2.12. The minimum Gasteiger partial charge on any atom is -0.483 e. The second kappa shape index (κ2) is 11.3. The van der Waals surface area contributed by atoms with Gasteiger partial charge in [-0.15, -0.1) is 0 Å². The summed E-state index contributed by atoms with van der Waals surface area (Å²) in [5, 5.41) is 15.1. The van der Waals surface area contributed by atoms with Gasteiger partial charge in [0.2, 0.25) is 0 Å². The molecule has 0 bridgehead atoms. The molecule has 0 aliphatic heterocycles. The lowest BCUT2D eigenvalue weighted by molar-refractivity contribution is -0.118. The van der Waals surface area contributed by atoms with Crippen LogP contribution in [0.4, 0.5) is 11.4 Å². The molecule has 3 aromatic rings. The number of rotatable bonds is 7. The molecular weight excluding hydrogens is 494 g/mol. The van der Waals surface area contributed by atoms with E-state index in [-0.39, 0.29) is 18.1 Å². The van der Waals surface area contributed by atoms with E-state index in [4.69, 9.17) is 4.74 Å². The van der Waals surface area contributed by atoms with Gasteiger partial charge in [0.1, 0.15) is 17.4 Å². The van der Waals surface area contributed by atoms with Crippen LogP contribution in [0.25, 0.3) is 6.08 Å². The van der Waals surface area contributed by atoms with Crippen LogP contribution in [0, 0.1) is 32.1 Å². The molecule has 0 heterocycles. The highest BCUT2D eigenvalue weighted by Gasteiger charge is 2.13. The van der Waals surface area contributed by atoms with Crippen LogP contribution in [0.15, 0.2) is 70.7 Å². The highest BCUT2D eigenvalue weighted by Crippen LogP contribution is 2.26. The third-order valence-corrected chi connectivity index (χ3v) is 5.42. The Hall–Kier alpha value is -3.89. The van der Waals surface area contributed by atoms with Crippen LogP contribution in [0.1, 0.15) is 22.3 Å². The van der Waals surface area contributed by atoms with E-state index < -0.39 is 5.91 Å². The van der Waals surface area contributed by atoms with Gasteiger partial charge in [0.15, 0.2) is 6.61 Å². The molecule has 0 aliphatic carbocycles. The number of benzene rings is 3. The molecule has 34 heavy (non-hydrogen) atoms. The summed E-state index contributed by atoms with van der Waals surface area (Å²) in [4.78, 5) is 25.1. The van der Waals surface area contributed by atoms with Gasteiger partial charge in [-0.2, -0.15) is 5.26 Å². The predicted octanol–water partition coefficient (Wildman–Crippen LogP) is 5.94. The summed E-state index contributed by atoms with van der Waals surface area (Å²) in [5.74, 6) is -0.482. The molecule has 172 valence electrons. The van der Waals surface area contributed by atoms with Crippen molar-refractivity contribution < 1.29 is 14.3 Å². The number of carbonyl (C=O) groups is 2. The summed E-state index contributed by atoms with van der Waals surface area (Å²) in [5.41, 5.74) is 4.77. The first kappa shape index (κ1) is 24.7. The minimum absolute atomic E-state index is 0.0933. The highest BCUT2D eigenvalue weighted by atomic mass is 79.9. The summed E-state index contributed by atoms with van der Waals surface area (Å²) in [6.45, 7) is 5.60. The molecule has 7 heteroatoms. The molecule has 2 amide bonds. The fourth-order valence-corrected chi connectivity index (χ4v) is 3.65. The fraction of sp³-hybridized carbons (Fsp3) is 0.148. The van der Waals surface area contributed by atoms with Crippen molar-refractivity contribution in [1.82, 2.24) is 0 Å². The van der Waals surface area contributed by atoms with E-state index in [1.807, 2.05) is 63.2 Å². The van der Waals surface area contributed by atoms with Crippen molar-refractivity contribution in [2.45, 2.75) is 20.8 Å².